The predicted molar refractivity (Wildman–Crippen MR) is 45.8 cm³/mol. The van der Waals surface area contributed by atoms with Crippen molar-refractivity contribution in [1.29, 1.82) is 0 Å². The van der Waals surface area contributed by atoms with Crippen LogP contribution in [0, 0.1) is 0 Å². The van der Waals surface area contributed by atoms with Crippen LogP contribution in [-0.4, -0.2) is 17.3 Å². The molecule has 0 heterocycles. The zero-order valence-electron chi connectivity index (χ0n) is 6.69. The minimum Gasteiger partial charge on any atom is -0.508 e. The van der Waals surface area contributed by atoms with Gasteiger partial charge in [0.2, 0.25) is 0 Å². The first kappa shape index (κ1) is 8.46. The molecule has 0 bridgehead atoms. The summed E-state index contributed by atoms with van der Waals surface area (Å²) in [6.07, 6.45) is 3.10. The summed E-state index contributed by atoms with van der Waals surface area (Å²) in [5, 5.41) is 18.1. The fraction of sp³-hybridized carbons (Fsp3) is 0.111. The van der Waals surface area contributed by atoms with Crippen LogP contribution >= 0.6 is 0 Å². The maximum atomic E-state index is 9.06. The lowest BCUT2D eigenvalue weighted by Crippen LogP contribution is -1.73. The summed E-state index contributed by atoms with van der Waals surface area (Å²) in [4.78, 5) is 0. The number of phenols is 2. The molecule has 0 saturated carbocycles. The van der Waals surface area contributed by atoms with Crippen LogP contribution in [-0.2, 0) is 4.74 Å². The quantitative estimate of drug-likeness (QED) is 0.657. The van der Waals surface area contributed by atoms with Gasteiger partial charge in [0, 0.05) is 6.07 Å². The zero-order valence-corrected chi connectivity index (χ0v) is 6.69. The minimum absolute atomic E-state index is 0.0331. The molecule has 3 heteroatoms. The molecule has 2 N–H and O–H groups in total. The Hall–Kier alpha value is -1.64. The van der Waals surface area contributed by atoms with Gasteiger partial charge in [-0.1, -0.05) is 0 Å². The Labute approximate surface area is 70.5 Å². The average molecular weight is 166 g/mol. The van der Waals surface area contributed by atoms with Gasteiger partial charge in [-0.15, -0.1) is 0 Å². The second kappa shape index (κ2) is 3.67. The van der Waals surface area contributed by atoms with Crippen LogP contribution < -0.4 is 0 Å². The fourth-order valence-corrected chi connectivity index (χ4v) is 0.861. The van der Waals surface area contributed by atoms with E-state index in [0.717, 1.165) is 0 Å². The molecule has 1 rings (SSSR count). The van der Waals surface area contributed by atoms with E-state index in [-0.39, 0.29) is 11.5 Å². The zero-order chi connectivity index (χ0) is 8.97. The third kappa shape index (κ3) is 2.20. The van der Waals surface area contributed by atoms with Gasteiger partial charge in [0.05, 0.1) is 13.4 Å². The number of ether oxygens (including phenoxy) is 1. The van der Waals surface area contributed by atoms with E-state index in [1.165, 1.54) is 31.6 Å². The van der Waals surface area contributed by atoms with Gasteiger partial charge in [-0.2, -0.15) is 0 Å². The number of rotatable bonds is 2. The van der Waals surface area contributed by atoms with Crippen LogP contribution in [0.4, 0.5) is 0 Å². The first-order valence-corrected chi connectivity index (χ1v) is 3.45. The van der Waals surface area contributed by atoms with E-state index in [1.807, 2.05) is 0 Å². The van der Waals surface area contributed by atoms with Gasteiger partial charge in [-0.25, -0.2) is 0 Å². The van der Waals surface area contributed by atoms with Crippen molar-refractivity contribution < 1.29 is 14.9 Å². The van der Waals surface area contributed by atoms with E-state index >= 15 is 0 Å². The summed E-state index contributed by atoms with van der Waals surface area (Å²) >= 11 is 0. The van der Waals surface area contributed by atoms with Gasteiger partial charge < -0.3 is 14.9 Å². The topological polar surface area (TPSA) is 49.7 Å². The molecule has 0 aliphatic rings. The molecule has 0 spiro atoms. The Morgan fingerprint density at radius 1 is 1.17 bits per heavy atom. The monoisotopic (exact) mass is 166 g/mol. The number of benzene rings is 1. The van der Waals surface area contributed by atoms with Crippen LogP contribution in [0.3, 0.4) is 0 Å². The van der Waals surface area contributed by atoms with Crippen molar-refractivity contribution in [3.63, 3.8) is 0 Å². The van der Waals surface area contributed by atoms with E-state index in [4.69, 9.17) is 10.2 Å². The lowest BCUT2D eigenvalue weighted by Gasteiger charge is -1.97. The van der Waals surface area contributed by atoms with E-state index in [2.05, 4.69) is 4.74 Å². The lowest BCUT2D eigenvalue weighted by molar-refractivity contribution is 0.341. The highest BCUT2D eigenvalue weighted by molar-refractivity contribution is 5.53. The standard InChI is InChI=1S/C9H10O3/c1-12-3-2-7-4-8(10)6-9(11)5-7/h2-6,10-11H,1H3. The second-order valence-corrected chi connectivity index (χ2v) is 2.32. The van der Waals surface area contributed by atoms with E-state index in [9.17, 15) is 0 Å². The third-order valence-corrected chi connectivity index (χ3v) is 1.32. The van der Waals surface area contributed by atoms with Crippen LogP contribution in [0.5, 0.6) is 11.5 Å². The van der Waals surface area contributed by atoms with Gasteiger partial charge in [0.1, 0.15) is 11.5 Å². The van der Waals surface area contributed by atoms with Gasteiger partial charge in [-0.3, -0.25) is 0 Å². The number of hydrogen-bond donors (Lipinski definition) is 2. The van der Waals surface area contributed by atoms with Crippen LogP contribution in [0.15, 0.2) is 24.5 Å². The summed E-state index contributed by atoms with van der Waals surface area (Å²) < 4.78 is 4.68. The molecular weight excluding hydrogens is 156 g/mol. The normalized spacial score (nSPS) is 10.4. The van der Waals surface area contributed by atoms with Gasteiger partial charge in [0.15, 0.2) is 0 Å². The Morgan fingerprint density at radius 2 is 1.75 bits per heavy atom. The highest BCUT2D eigenvalue weighted by Crippen LogP contribution is 2.20. The summed E-state index contributed by atoms with van der Waals surface area (Å²) in [5.41, 5.74) is 0.689. The molecule has 0 unspecified atom stereocenters. The molecular formula is C9H10O3. The third-order valence-electron chi connectivity index (χ3n) is 1.32. The molecule has 64 valence electrons. The second-order valence-electron chi connectivity index (χ2n) is 2.32. The van der Waals surface area contributed by atoms with E-state index < -0.39 is 0 Å². The molecule has 0 fully saturated rings. The van der Waals surface area contributed by atoms with Crippen molar-refractivity contribution in [2.24, 2.45) is 0 Å². The fourth-order valence-electron chi connectivity index (χ4n) is 0.861. The van der Waals surface area contributed by atoms with Crippen molar-refractivity contribution in [3.05, 3.63) is 30.0 Å². The molecule has 0 saturated heterocycles. The van der Waals surface area contributed by atoms with Crippen molar-refractivity contribution >= 4 is 6.08 Å². The highest BCUT2D eigenvalue weighted by Gasteiger charge is 1.94. The molecule has 12 heavy (non-hydrogen) atoms. The first-order chi connectivity index (χ1) is 5.72. The average Bonchev–Trinajstić information content (AvgIpc) is 1.99. The number of aromatic hydroxyl groups is 2. The molecule has 1 aromatic carbocycles. The summed E-state index contributed by atoms with van der Waals surface area (Å²) in [7, 11) is 1.53. The highest BCUT2D eigenvalue weighted by atomic mass is 16.5. The van der Waals surface area contributed by atoms with Crippen molar-refractivity contribution in [2.45, 2.75) is 0 Å². The Kier molecular flexibility index (Phi) is 2.58. The molecule has 1 aromatic rings. The number of phenolic OH excluding ortho intramolecular Hbond substituents is 2. The molecule has 0 radical (unpaired) electrons. The lowest BCUT2D eigenvalue weighted by atomic mass is 10.2. The summed E-state index contributed by atoms with van der Waals surface area (Å²) in [5.74, 6) is 0.0662. The summed E-state index contributed by atoms with van der Waals surface area (Å²) in [6, 6.07) is 4.31. The van der Waals surface area contributed by atoms with Gasteiger partial charge in [-0.05, 0) is 23.8 Å². The molecule has 0 aromatic heterocycles. The molecule has 3 nitrogen and oxygen atoms in total. The van der Waals surface area contributed by atoms with Gasteiger partial charge in [0.25, 0.3) is 0 Å². The van der Waals surface area contributed by atoms with Crippen molar-refractivity contribution in [1.82, 2.24) is 0 Å². The first-order valence-electron chi connectivity index (χ1n) is 3.45. The predicted octanol–water partition coefficient (Wildman–Crippen LogP) is 1.71. The van der Waals surface area contributed by atoms with Crippen molar-refractivity contribution in [2.75, 3.05) is 7.11 Å². The number of hydrogen-bond acceptors (Lipinski definition) is 3. The SMILES string of the molecule is COC=Cc1cc(O)cc(O)c1. The molecule has 0 aliphatic carbocycles. The van der Waals surface area contributed by atoms with E-state index in [0.29, 0.717) is 5.56 Å². The largest absolute Gasteiger partial charge is 0.508 e. The smallest absolute Gasteiger partial charge is 0.119 e. The molecule has 0 atom stereocenters. The summed E-state index contributed by atoms with van der Waals surface area (Å²) in [6.45, 7) is 0. The van der Waals surface area contributed by atoms with Gasteiger partial charge >= 0.3 is 0 Å². The van der Waals surface area contributed by atoms with Crippen LogP contribution in [0.2, 0.25) is 0 Å². The van der Waals surface area contributed by atoms with Crippen LogP contribution in [0.25, 0.3) is 6.08 Å². The Balaban J connectivity index is 2.93. The maximum absolute atomic E-state index is 9.06. The van der Waals surface area contributed by atoms with Crippen molar-refractivity contribution in [3.8, 4) is 11.5 Å². The molecule has 0 aliphatic heterocycles. The molecule has 0 amide bonds. The minimum atomic E-state index is 0.0331. The Morgan fingerprint density at radius 3 is 2.25 bits per heavy atom. The van der Waals surface area contributed by atoms with Crippen LogP contribution in [0.1, 0.15) is 5.56 Å². The number of methoxy groups -OCH3 is 1. The maximum Gasteiger partial charge on any atom is 0.119 e. The van der Waals surface area contributed by atoms with E-state index in [1.54, 1.807) is 6.08 Å². The Bertz CT molecular complexity index is 272.